The van der Waals surface area contributed by atoms with Crippen LogP contribution in [0.5, 0.6) is 5.75 Å². The summed E-state index contributed by atoms with van der Waals surface area (Å²) in [5, 5.41) is 12.0. The number of benzene rings is 2. The fraction of sp³-hybridized carbons (Fsp3) is 0.300. The molecular formula is C20H22N4O2. The summed E-state index contributed by atoms with van der Waals surface area (Å²) in [5.41, 5.74) is 2.51. The third kappa shape index (κ3) is 4.25. The highest BCUT2D eigenvalue weighted by Crippen LogP contribution is 2.20. The van der Waals surface area contributed by atoms with E-state index in [0.717, 1.165) is 30.2 Å². The van der Waals surface area contributed by atoms with E-state index < -0.39 is 0 Å². The number of ether oxygens (including phenoxy) is 1. The molecule has 1 heterocycles. The monoisotopic (exact) mass is 350 g/mol. The summed E-state index contributed by atoms with van der Waals surface area (Å²) in [7, 11) is 1.66. The standard InChI is InChI=1S/C20H22N4O2/c1-26-19-7-5-18(6-8-19)23-9-11-24(12-10-23)20(25)15-22-17-4-2-3-16(13-17)14-21/h2-8,13,22H,9-12,15H2,1H3. The van der Waals surface area contributed by atoms with Gasteiger partial charge in [-0.3, -0.25) is 4.79 Å². The quantitative estimate of drug-likeness (QED) is 0.896. The maximum Gasteiger partial charge on any atom is 0.241 e. The van der Waals surface area contributed by atoms with Crippen LogP contribution in [0.2, 0.25) is 0 Å². The number of hydrogen-bond acceptors (Lipinski definition) is 5. The van der Waals surface area contributed by atoms with Crippen LogP contribution in [0.15, 0.2) is 48.5 Å². The molecule has 0 radical (unpaired) electrons. The summed E-state index contributed by atoms with van der Waals surface area (Å²) in [5.74, 6) is 0.913. The minimum Gasteiger partial charge on any atom is -0.497 e. The summed E-state index contributed by atoms with van der Waals surface area (Å²) < 4.78 is 5.19. The first-order valence-electron chi connectivity index (χ1n) is 8.60. The fourth-order valence-electron chi connectivity index (χ4n) is 3.00. The Bertz CT molecular complexity index is 790. The number of carbonyl (C=O) groups is 1. The van der Waals surface area contributed by atoms with Crippen molar-refractivity contribution in [3.05, 3.63) is 54.1 Å². The Morgan fingerprint density at radius 2 is 1.88 bits per heavy atom. The van der Waals surface area contributed by atoms with Crippen molar-refractivity contribution in [2.45, 2.75) is 0 Å². The molecule has 0 spiro atoms. The van der Waals surface area contributed by atoms with Crippen molar-refractivity contribution in [3.8, 4) is 11.8 Å². The maximum absolute atomic E-state index is 12.4. The van der Waals surface area contributed by atoms with Gasteiger partial charge < -0.3 is 19.9 Å². The minimum absolute atomic E-state index is 0.0711. The number of nitrogens with one attached hydrogen (secondary N) is 1. The van der Waals surface area contributed by atoms with Gasteiger partial charge in [-0.2, -0.15) is 5.26 Å². The van der Waals surface area contributed by atoms with Crippen molar-refractivity contribution in [1.82, 2.24) is 4.90 Å². The number of carbonyl (C=O) groups excluding carboxylic acids is 1. The molecule has 1 aliphatic heterocycles. The van der Waals surface area contributed by atoms with E-state index in [9.17, 15) is 4.79 Å². The lowest BCUT2D eigenvalue weighted by molar-refractivity contribution is -0.129. The minimum atomic E-state index is 0.0711. The smallest absolute Gasteiger partial charge is 0.241 e. The first kappa shape index (κ1) is 17.6. The van der Waals surface area contributed by atoms with Crippen molar-refractivity contribution < 1.29 is 9.53 Å². The maximum atomic E-state index is 12.4. The van der Waals surface area contributed by atoms with Crippen LogP contribution < -0.4 is 15.0 Å². The molecule has 2 aromatic rings. The lowest BCUT2D eigenvalue weighted by Crippen LogP contribution is -2.50. The van der Waals surface area contributed by atoms with Gasteiger partial charge in [-0.25, -0.2) is 0 Å². The van der Waals surface area contributed by atoms with E-state index in [0.29, 0.717) is 18.7 Å². The van der Waals surface area contributed by atoms with E-state index in [4.69, 9.17) is 10.00 Å². The van der Waals surface area contributed by atoms with Gasteiger partial charge in [0.25, 0.3) is 0 Å². The third-order valence-corrected chi connectivity index (χ3v) is 4.51. The van der Waals surface area contributed by atoms with Crippen molar-refractivity contribution in [3.63, 3.8) is 0 Å². The SMILES string of the molecule is COc1ccc(N2CCN(C(=O)CNc3cccc(C#N)c3)CC2)cc1. The summed E-state index contributed by atoms with van der Waals surface area (Å²) in [6.07, 6.45) is 0. The second-order valence-corrected chi connectivity index (χ2v) is 6.11. The summed E-state index contributed by atoms with van der Waals surface area (Å²) in [6.45, 7) is 3.25. The molecule has 6 nitrogen and oxygen atoms in total. The second-order valence-electron chi connectivity index (χ2n) is 6.11. The van der Waals surface area contributed by atoms with Crippen LogP contribution in [0.25, 0.3) is 0 Å². The Morgan fingerprint density at radius 1 is 1.15 bits per heavy atom. The van der Waals surface area contributed by atoms with Gasteiger partial charge in [-0.15, -0.1) is 0 Å². The van der Waals surface area contributed by atoms with Gasteiger partial charge in [0.05, 0.1) is 25.3 Å². The molecule has 0 unspecified atom stereocenters. The summed E-state index contributed by atoms with van der Waals surface area (Å²) >= 11 is 0. The average molecular weight is 350 g/mol. The molecule has 1 saturated heterocycles. The van der Waals surface area contributed by atoms with Crippen molar-refractivity contribution in [2.24, 2.45) is 0 Å². The third-order valence-electron chi connectivity index (χ3n) is 4.51. The number of piperazine rings is 1. The Kier molecular flexibility index (Phi) is 5.59. The van der Waals surface area contributed by atoms with Crippen molar-refractivity contribution >= 4 is 17.3 Å². The number of rotatable bonds is 5. The zero-order valence-electron chi connectivity index (χ0n) is 14.8. The van der Waals surface area contributed by atoms with Gasteiger partial charge in [0.1, 0.15) is 5.75 Å². The van der Waals surface area contributed by atoms with Crippen molar-refractivity contribution in [2.75, 3.05) is 50.1 Å². The van der Waals surface area contributed by atoms with Crippen LogP contribution in [-0.2, 0) is 4.79 Å². The number of nitrogens with zero attached hydrogens (tertiary/aromatic N) is 3. The normalized spacial score (nSPS) is 13.8. The van der Waals surface area contributed by atoms with Gasteiger partial charge in [0.2, 0.25) is 5.91 Å². The molecule has 0 bridgehead atoms. The molecule has 0 aliphatic carbocycles. The Labute approximate surface area is 153 Å². The summed E-state index contributed by atoms with van der Waals surface area (Å²) in [6, 6.07) is 17.2. The van der Waals surface area contributed by atoms with Gasteiger partial charge in [0.15, 0.2) is 0 Å². The van der Waals surface area contributed by atoms with E-state index in [1.165, 1.54) is 0 Å². The molecule has 6 heteroatoms. The van der Waals surface area contributed by atoms with Crippen LogP contribution >= 0.6 is 0 Å². The van der Waals surface area contributed by atoms with Gasteiger partial charge in [-0.05, 0) is 42.5 Å². The van der Waals surface area contributed by atoms with E-state index in [2.05, 4.69) is 16.3 Å². The average Bonchev–Trinajstić information content (AvgIpc) is 2.72. The lowest BCUT2D eigenvalue weighted by atomic mass is 10.2. The predicted molar refractivity (Wildman–Crippen MR) is 101 cm³/mol. The molecule has 26 heavy (non-hydrogen) atoms. The highest BCUT2D eigenvalue weighted by molar-refractivity contribution is 5.81. The van der Waals surface area contributed by atoms with E-state index in [1.54, 1.807) is 25.3 Å². The van der Waals surface area contributed by atoms with E-state index >= 15 is 0 Å². The zero-order chi connectivity index (χ0) is 18.4. The highest BCUT2D eigenvalue weighted by Gasteiger charge is 2.21. The highest BCUT2D eigenvalue weighted by atomic mass is 16.5. The van der Waals surface area contributed by atoms with Crippen LogP contribution in [0.1, 0.15) is 5.56 Å². The van der Waals surface area contributed by atoms with Gasteiger partial charge in [0, 0.05) is 37.6 Å². The van der Waals surface area contributed by atoms with Crippen LogP contribution in [-0.4, -0.2) is 50.6 Å². The van der Waals surface area contributed by atoms with E-state index in [-0.39, 0.29) is 12.5 Å². The molecule has 0 saturated carbocycles. The number of hydrogen-bond donors (Lipinski definition) is 1. The van der Waals surface area contributed by atoms with Crippen LogP contribution in [0.4, 0.5) is 11.4 Å². The van der Waals surface area contributed by atoms with Crippen LogP contribution in [0.3, 0.4) is 0 Å². The molecule has 1 fully saturated rings. The topological polar surface area (TPSA) is 68.6 Å². The Morgan fingerprint density at radius 3 is 2.54 bits per heavy atom. The van der Waals surface area contributed by atoms with Crippen LogP contribution in [0, 0.1) is 11.3 Å². The number of nitriles is 1. The fourth-order valence-corrected chi connectivity index (χ4v) is 3.00. The number of amides is 1. The lowest BCUT2D eigenvalue weighted by Gasteiger charge is -2.36. The number of methoxy groups -OCH3 is 1. The molecule has 3 rings (SSSR count). The summed E-state index contributed by atoms with van der Waals surface area (Å²) in [4.78, 5) is 16.6. The molecule has 1 aliphatic rings. The van der Waals surface area contributed by atoms with Gasteiger partial charge in [-0.1, -0.05) is 6.07 Å². The molecule has 1 N–H and O–H groups in total. The number of anilines is 2. The molecule has 134 valence electrons. The Hall–Kier alpha value is -3.20. The molecule has 0 atom stereocenters. The predicted octanol–water partition coefficient (Wildman–Crippen LogP) is 2.33. The largest absolute Gasteiger partial charge is 0.497 e. The molecular weight excluding hydrogens is 328 g/mol. The first-order chi connectivity index (χ1) is 12.7. The first-order valence-corrected chi connectivity index (χ1v) is 8.60. The Balaban J connectivity index is 1.49. The van der Waals surface area contributed by atoms with E-state index in [1.807, 2.05) is 35.2 Å². The molecule has 0 aromatic heterocycles. The second kappa shape index (κ2) is 8.26. The van der Waals surface area contributed by atoms with Crippen molar-refractivity contribution in [1.29, 1.82) is 5.26 Å². The molecule has 1 amide bonds. The van der Waals surface area contributed by atoms with Gasteiger partial charge >= 0.3 is 0 Å². The molecule has 2 aromatic carbocycles. The zero-order valence-corrected chi connectivity index (χ0v) is 14.8.